The van der Waals surface area contributed by atoms with Crippen LogP contribution in [0.15, 0.2) is 47.4 Å². The molecule has 2 aromatic carbocycles. The molecule has 0 aromatic heterocycles. The van der Waals surface area contributed by atoms with E-state index in [1.165, 1.54) is 22.5 Å². The molecule has 8 heteroatoms. The molecule has 1 aliphatic rings. The molecule has 0 bridgehead atoms. The summed E-state index contributed by atoms with van der Waals surface area (Å²) >= 11 is 6.19. The zero-order chi connectivity index (χ0) is 20.1. The fraction of sp³-hybridized carbons (Fsp3) is 0.350. The minimum absolute atomic E-state index is 0.0713. The summed E-state index contributed by atoms with van der Waals surface area (Å²) in [6, 6.07) is 11.3. The van der Waals surface area contributed by atoms with Crippen LogP contribution in [0.3, 0.4) is 0 Å². The Morgan fingerprint density at radius 1 is 1.14 bits per heavy atom. The Bertz CT molecular complexity index is 956. The van der Waals surface area contributed by atoms with Crippen molar-refractivity contribution in [3.8, 4) is 5.75 Å². The number of amides is 1. The normalized spacial score (nSPS) is 15.2. The Morgan fingerprint density at radius 2 is 1.86 bits per heavy atom. The number of hydrogen-bond donors (Lipinski definition) is 1. The minimum atomic E-state index is -3.65. The lowest BCUT2D eigenvalue weighted by molar-refractivity contribution is 0.102. The number of piperidine rings is 1. The van der Waals surface area contributed by atoms with Crippen molar-refractivity contribution in [2.24, 2.45) is 0 Å². The van der Waals surface area contributed by atoms with Crippen molar-refractivity contribution < 1.29 is 17.9 Å². The summed E-state index contributed by atoms with van der Waals surface area (Å²) in [7, 11) is -3.65. The fourth-order valence-electron chi connectivity index (χ4n) is 3.13. The number of anilines is 1. The highest BCUT2D eigenvalue weighted by atomic mass is 35.5. The highest BCUT2D eigenvalue weighted by Gasteiger charge is 2.27. The number of sulfonamides is 1. The van der Waals surface area contributed by atoms with Gasteiger partial charge in [-0.15, -0.1) is 0 Å². The molecule has 28 heavy (non-hydrogen) atoms. The maximum absolute atomic E-state index is 12.9. The maximum atomic E-state index is 12.9. The standard InChI is InChI=1S/C20H23ClN2O4S/c1-2-27-19-9-5-4-8-18(19)22-20(24)16-14-15(10-11-17(16)21)28(25,26)23-12-6-3-7-13-23/h4-5,8-11,14H,2-3,6-7,12-13H2,1H3,(H,22,24). The number of ether oxygens (including phenoxy) is 1. The van der Waals surface area contributed by atoms with E-state index in [1.807, 2.05) is 6.92 Å². The van der Waals surface area contributed by atoms with E-state index in [9.17, 15) is 13.2 Å². The lowest BCUT2D eigenvalue weighted by atomic mass is 10.2. The van der Waals surface area contributed by atoms with Crippen molar-refractivity contribution >= 4 is 33.2 Å². The third kappa shape index (κ3) is 4.48. The molecule has 1 heterocycles. The number of para-hydroxylation sites is 2. The number of carbonyl (C=O) groups excluding carboxylic acids is 1. The van der Waals surface area contributed by atoms with E-state index in [1.54, 1.807) is 24.3 Å². The molecule has 1 aliphatic heterocycles. The van der Waals surface area contributed by atoms with Gasteiger partial charge in [-0.3, -0.25) is 4.79 Å². The van der Waals surface area contributed by atoms with Gasteiger partial charge in [0.25, 0.3) is 5.91 Å². The van der Waals surface area contributed by atoms with Crippen LogP contribution >= 0.6 is 11.6 Å². The van der Waals surface area contributed by atoms with Gasteiger partial charge in [0.15, 0.2) is 0 Å². The maximum Gasteiger partial charge on any atom is 0.257 e. The van der Waals surface area contributed by atoms with Crippen molar-refractivity contribution in [1.82, 2.24) is 4.31 Å². The molecular formula is C20H23ClN2O4S. The van der Waals surface area contributed by atoms with E-state index in [-0.39, 0.29) is 15.5 Å². The average Bonchev–Trinajstić information content (AvgIpc) is 2.70. The summed E-state index contributed by atoms with van der Waals surface area (Å²) in [6.07, 6.45) is 2.71. The summed E-state index contributed by atoms with van der Waals surface area (Å²) in [5, 5.41) is 2.94. The molecule has 3 rings (SSSR count). The summed E-state index contributed by atoms with van der Waals surface area (Å²) < 4.78 is 32.8. The van der Waals surface area contributed by atoms with Crippen LogP contribution in [0.1, 0.15) is 36.5 Å². The summed E-state index contributed by atoms with van der Waals surface area (Å²) in [5.74, 6) is 0.0411. The Labute approximate surface area is 170 Å². The number of nitrogens with zero attached hydrogens (tertiary/aromatic N) is 1. The zero-order valence-electron chi connectivity index (χ0n) is 15.7. The van der Waals surface area contributed by atoms with Crippen molar-refractivity contribution in [2.45, 2.75) is 31.1 Å². The first-order chi connectivity index (χ1) is 13.4. The number of hydrogen-bond acceptors (Lipinski definition) is 4. The number of nitrogens with one attached hydrogen (secondary N) is 1. The van der Waals surface area contributed by atoms with Gasteiger partial charge >= 0.3 is 0 Å². The molecule has 1 saturated heterocycles. The molecule has 0 atom stereocenters. The van der Waals surface area contributed by atoms with Crippen LogP contribution in [0.5, 0.6) is 5.75 Å². The van der Waals surface area contributed by atoms with Crippen molar-refractivity contribution in [3.05, 3.63) is 53.1 Å². The second-order valence-electron chi connectivity index (χ2n) is 6.49. The fourth-order valence-corrected chi connectivity index (χ4v) is 4.88. The first-order valence-corrected chi connectivity index (χ1v) is 11.1. The smallest absolute Gasteiger partial charge is 0.257 e. The number of benzene rings is 2. The van der Waals surface area contributed by atoms with Crippen molar-refractivity contribution in [3.63, 3.8) is 0 Å². The first-order valence-electron chi connectivity index (χ1n) is 9.26. The summed E-state index contributed by atoms with van der Waals surface area (Å²) in [4.78, 5) is 12.9. The lowest BCUT2D eigenvalue weighted by Crippen LogP contribution is -2.35. The van der Waals surface area contributed by atoms with Crippen LogP contribution in [0.2, 0.25) is 5.02 Å². The van der Waals surface area contributed by atoms with Crippen LogP contribution in [0.25, 0.3) is 0 Å². The van der Waals surface area contributed by atoms with Crippen LogP contribution in [-0.4, -0.2) is 38.3 Å². The third-order valence-electron chi connectivity index (χ3n) is 4.57. The molecule has 0 radical (unpaired) electrons. The van der Waals surface area contributed by atoms with Crippen LogP contribution in [0.4, 0.5) is 5.69 Å². The number of carbonyl (C=O) groups is 1. The van der Waals surface area contributed by atoms with Gasteiger partial charge in [-0.1, -0.05) is 30.2 Å². The Kier molecular flexibility index (Phi) is 6.59. The Hall–Kier alpha value is -2.09. The van der Waals surface area contributed by atoms with E-state index in [0.717, 1.165) is 19.3 Å². The van der Waals surface area contributed by atoms with Crippen LogP contribution in [0, 0.1) is 0 Å². The Morgan fingerprint density at radius 3 is 2.57 bits per heavy atom. The predicted octanol–water partition coefficient (Wildman–Crippen LogP) is 4.17. The monoisotopic (exact) mass is 422 g/mol. The Balaban J connectivity index is 1.88. The largest absolute Gasteiger partial charge is 0.492 e. The van der Waals surface area contributed by atoms with Crippen molar-refractivity contribution in [2.75, 3.05) is 25.0 Å². The molecular weight excluding hydrogens is 400 g/mol. The zero-order valence-corrected chi connectivity index (χ0v) is 17.2. The van der Waals surface area contributed by atoms with Gasteiger partial charge in [0.05, 0.1) is 27.8 Å². The average molecular weight is 423 g/mol. The third-order valence-corrected chi connectivity index (χ3v) is 6.79. The van der Waals surface area contributed by atoms with E-state index >= 15 is 0 Å². The molecule has 1 amide bonds. The van der Waals surface area contributed by atoms with E-state index < -0.39 is 15.9 Å². The molecule has 0 saturated carbocycles. The highest BCUT2D eigenvalue weighted by Crippen LogP contribution is 2.28. The molecule has 0 unspecified atom stereocenters. The topological polar surface area (TPSA) is 75.7 Å². The molecule has 0 spiro atoms. The predicted molar refractivity (Wildman–Crippen MR) is 110 cm³/mol. The second kappa shape index (κ2) is 8.94. The quantitative estimate of drug-likeness (QED) is 0.758. The van der Waals surface area contributed by atoms with E-state index in [2.05, 4.69) is 5.32 Å². The van der Waals surface area contributed by atoms with Gasteiger partial charge in [-0.2, -0.15) is 4.31 Å². The van der Waals surface area contributed by atoms with E-state index in [0.29, 0.717) is 31.1 Å². The SMILES string of the molecule is CCOc1ccccc1NC(=O)c1cc(S(=O)(=O)N2CCCCC2)ccc1Cl. The molecule has 0 aliphatic carbocycles. The highest BCUT2D eigenvalue weighted by molar-refractivity contribution is 7.89. The molecule has 1 fully saturated rings. The lowest BCUT2D eigenvalue weighted by Gasteiger charge is -2.26. The molecule has 6 nitrogen and oxygen atoms in total. The van der Waals surface area contributed by atoms with Gasteiger partial charge in [-0.25, -0.2) is 8.42 Å². The molecule has 1 N–H and O–H groups in total. The van der Waals surface area contributed by atoms with Gasteiger partial charge in [0.1, 0.15) is 5.75 Å². The van der Waals surface area contributed by atoms with Crippen LogP contribution < -0.4 is 10.1 Å². The van der Waals surface area contributed by atoms with Gasteiger partial charge in [0.2, 0.25) is 10.0 Å². The number of halogens is 1. The van der Waals surface area contributed by atoms with Gasteiger partial charge < -0.3 is 10.1 Å². The van der Waals surface area contributed by atoms with Crippen molar-refractivity contribution in [1.29, 1.82) is 0 Å². The molecule has 2 aromatic rings. The number of rotatable bonds is 6. The second-order valence-corrected chi connectivity index (χ2v) is 8.83. The van der Waals surface area contributed by atoms with E-state index in [4.69, 9.17) is 16.3 Å². The van der Waals surface area contributed by atoms with Gasteiger partial charge in [0, 0.05) is 13.1 Å². The van der Waals surface area contributed by atoms with Gasteiger partial charge in [-0.05, 0) is 50.1 Å². The first kappa shape index (κ1) is 20.6. The van der Waals surface area contributed by atoms with Crippen LogP contribution in [-0.2, 0) is 10.0 Å². The summed E-state index contributed by atoms with van der Waals surface area (Å²) in [5.41, 5.74) is 0.598. The molecule has 150 valence electrons. The minimum Gasteiger partial charge on any atom is -0.492 e. The summed E-state index contributed by atoms with van der Waals surface area (Å²) in [6.45, 7) is 3.30.